The molecule has 19 heavy (non-hydrogen) atoms. The number of piperidine rings is 3. The summed E-state index contributed by atoms with van der Waals surface area (Å²) >= 11 is 0. The maximum atomic E-state index is 11.9. The van der Waals surface area contributed by atoms with E-state index in [2.05, 4.69) is 15.5 Å². The van der Waals surface area contributed by atoms with E-state index in [-0.39, 0.29) is 18.0 Å². The van der Waals surface area contributed by atoms with Crippen molar-refractivity contribution in [1.82, 2.24) is 15.5 Å². The summed E-state index contributed by atoms with van der Waals surface area (Å²) in [6.45, 7) is 6.70. The molecular formula is C13H23N3O3. The molecule has 3 aliphatic rings. The number of carbonyl (C=O) groups excluding carboxylic acids is 1. The van der Waals surface area contributed by atoms with Gasteiger partial charge in [0.1, 0.15) is 6.04 Å². The standard InChI is InChI=1S/C13H23N3O3/c1-8(2)11(12(17)18)15-13(19)14-10-7-16-5-3-9(10)4-6-16/h8-11H,3-7H2,1-2H3,(H,17,18)(H2,14,15,19)/t10?,11-/m1/s1. The number of rotatable bonds is 4. The zero-order valence-electron chi connectivity index (χ0n) is 11.6. The lowest BCUT2D eigenvalue weighted by atomic mass is 9.84. The highest BCUT2D eigenvalue weighted by molar-refractivity contribution is 5.82. The van der Waals surface area contributed by atoms with Gasteiger partial charge in [0.05, 0.1) is 0 Å². The number of hydrogen-bond acceptors (Lipinski definition) is 3. The van der Waals surface area contributed by atoms with Crippen LogP contribution in [0.4, 0.5) is 4.79 Å². The van der Waals surface area contributed by atoms with Crippen LogP contribution in [0.2, 0.25) is 0 Å². The normalized spacial score (nSPS) is 31.0. The Morgan fingerprint density at radius 3 is 2.32 bits per heavy atom. The number of nitrogens with one attached hydrogen (secondary N) is 2. The Morgan fingerprint density at radius 2 is 1.89 bits per heavy atom. The van der Waals surface area contributed by atoms with Crippen molar-refractivity contribution in [2.24, 2.45) is 11.8 Å². The largest absolute Gasteiger partial charge is 0.480 e. The third-order valence-corrected chi connectivity index (χ3v) is 4.19. The lowest BCUT2D eigenvalue weighted by molar-refractivity contribution is -0.140. The first-order valence-electron chi connectivity index (χ1n) is 6.99. The van der Waals surface area contributed by atoms with Gasteiger partial charge in [-0.15, -0.1) is 0 Å². The lowest BCUT2D eigenvalue weighted by Crippen LogP contribution is -2.60. The number of carboxylic acid groups (broad SMARTS) is 1. The van der Waals surface area contributed by atoms with Crippen LogP contribution >= 0.6 is 0 Å². The van der Waals surface area contributed by atoms with Crippen molar-refractivity contribution in [2.45, 2.75) is 38.8 Å². The highest BCUT2D eigenvalue weighted by Crippen LogP contribution is 2.27. The summed E-state index contributed by atoms with van der Waals surface area (Å²) < 4.78 is 0. The first-order chi connectivity index (χ1) is 8.97. The second-order valence-corrected chi connectivity index (χ2v) is 5.92. The highest BCUT2D eigenvalue weighted by atomic mass is 16.4. The minimum atomic E-state index is -0.987. The second-order valence-electron chi connectivity index (χ2n) is 5.92. The number of carboxylic acids is 1. The molecule has 2 amide bonds. The van der Waals surface area contributed by atoms with E-state index in [1.807, 2.05) is 0 Å². The molecule has 0 aromatic carbocycles. The zero-order chi connectivity index (χ0) is 14.0. The molecule has 108 valence electrons. The Bertz CT molecular complexity index is 351. The number of amides is 2. The summed E-state index contributed by atoms with van der Waals surface area (Å²) in [5.74, 6) is -0.577. The van der Waals surface area contributed by atoms with Crippen molar-refractivity contribution in [3.05, 3.63) is 0 Å². The molecule has 0 aromatic rings. The van der Waals surface area contributed by atoms with E-state index in [1.54, 1.807) is 13.8 Å². The molecule has 2 bridgehead atoms. The maximum Gasteiger partial charge on any atom is 0.326 e. The van der Waals surface area contributed by atoms with E-state index < -0.39 is 12.0 Å². The molecule has 3 fully saturated rings. The van der Waals surface area contributed by atoms with Crippen molar-refractivity contribution in [3.63, 3.8) is 0 Å². The summed E-state index contributed by atoms with van der Waals surface area (Å²) in [6.07, 6.45) is 2.25. The van der Waals surface area contributed by atoms with Crippen LogP contribution in [0.25, 0.3) is 0 Å². The number of urea groups is 1. The van der Waals surface area contributed by atoms with Gasteiger partial charge in [-0.25, -0.2) is 9.59 Å². The molecule has 1 unspecified atom stereocenters. The van der Waals surface area contributed by atoms with Crippen LogP contribution in [0.15, 0.2) is 0 Å². The van der Waals surface area contributed by atoms with Gasteiger partial charge in [0.2, 0.25) is 0 Å². The van der Waals surface area contributed by atoms with Crippen molar-refractivity contribution in [2.75, 3.05) is 19.6 Å². The average Bonchev–Trinajstić information content (AvgIpc) is 2.36. The van der Waals surface area contributed by atoms with E-state index in [1.165, 1.54) is 0 Å². The molecule has 2 atom stereocenters. The molecule has 6 nitrogen and oxygen atoms in total. The zero-order valence-corrected chi connectivity index (χ0v) is 11.6. The summed E-state index contributed by atoms with van der Waals surface area (Å²) in [6, 6.07) is -1.04. The number of hydrogen-bond donors (Lipinski definition) is 3. The molecule has 3 saturated heterocycles. The number of aliphatic carboxylic acids is 1. The Hall–Kier alpha value is -1.30. The van der Waals surface area contributed by atoms with Gasteiger partial charge in [0.15, 0.2) is 0 Å². The SMILES string of the molecule is CC(C)[C@@H](NC(=O)NC1CN2CCC1CC2)C(=O)O. The van der Waals surface area contributed by atoms with Crippen molar-refractivity contribution < 1.29 is 14.7 Å². The monoisotopic (exact) mass is 269 g/mol. The Kier molecular flexibility index (Phi) is 4.29. The average molecular weight is 269 g/mol. The van der Waals surface area contributed by atoms with Crippen molar-refractivity contribution >= 4 is 12.0 Å². The molecular weight excluding hydrogens is 246 g/mol. The third kappa shape index (κ3) is 3.37. The molecule has 3 rings (SSSR count). The maximum absolute atomic E-state index is 11.9. The van der Waals surface area contributed by atoms with Gasteiger partial charge in [-0.1, -0.05) is 13.8 Å². The molecule has 0 saturated carbocycles. The number of carbonyl (C=O) groups is 2. The van der Waals surface area contributed by atoms with E-state index in [0.29, 0.717) is 5.92 Å². The van der Waals surface area contributed by atoms with E-state index in [9.17, 15) is 9.59 Å². The smallest absolute Gasteiger partial charge is 0.326 e. The van der Waals surface area contributed by atoms with Gasteiger partial charge in [0.25, 0.3) is 0 Å². The fraction of sp³-hybridized carbons (Fsp3) is 0.846. The number of fused-ring (bicyclic) bond motifs is 3. The Morgan fingerprint density at radius 1 is 1.26 bits per heavy atom. The minimum absolute atomic E-state index is 0.130. The first kappa shape index (κ1) is 14.1. The van der Waals surface area contributed by atoms with Crippen LogP contribution in [-0.2, 0) is 4.79 Å². The molecule has 0 aliphatic carbocycles. The van der Waals surface area contributed by atoms with E-state index in [4.69, 9.17) is 5.11 Å². The van der Waals surface area contributed by atoms with E-state index >= 15 is 0 Å². The highest BCUT2D eigenvalue weighted by Gasteiger charge is 2.35. The molecule has 3 heterocycles. The van der Waals surface area contributed by atoms with Crippen molar-refractivity contribution in [3.8, 4) is 0 Å². The van der Waals surface area contributed by atoms with Crippen LogP contribution in [0.1, 0.15) is 26.7 Å². The molecule has 0 radical (unpaired) electrons. The lowest BCUT2D eigenvalue weighted by Gasteiger charge is -2.44. The predicted molar refractivity (Wildman–Crippen MR) is 70.9 cm³/mol. The Labute approximate surface area is 113 Å². The van der Waals surface area contributed by atoms with Gasteiger partial charge < -0.3 is 20.6 Å². The summed E-state index contributed by atoms with van der Waals surface area (Å²) in [5, 5.41) is 14.5. The first-order valence-corrected chi connectivity index (χ1v) is 6.99. The molecule has 3 N–H and O–H groups in total. The minimum Gasteiger partial charge on any atom is -0.480 e. The summed E-state index contributed by atoms with van der Waals surface area (Å²) in [7, 11) is 0. The van der Waals surface area contributed by atoms with Gasteiger partial charge in [-0.3, -0.25) is 0 Å². The van der Waals surface area contributed by atoms with Crippen LogP contribution in [0, 0.1) is 11.8 Å². The van der Waals surface area contributed by atoms with Gasteiger partial charge in [0, 0.05) is 12.6 Å². The van der Waals surface area contributed by atoms with Crippen molar-refractivity contribution in [1.29, 1.82) is 0 Å². The Balaban J connectivity index is 1.85. The molecule has 0 aromatic heterocycles. The van der Waals surface area contributed by atoms with Crippen LogP contribution in [0.5, 0.6) is 0 Å². The van der Waals surface area contributed by atoms with E-state index in [0.717, 1.165) is 32.5 Å². The molecule has 3 aliphatic heterocycles. The summed E-state index contributed by atoms with van der Waals surface area (Å²) in [5.41, 5.74) is 0. The topological polar surface area (TPSA) is 81.7 Å². The fourth-order valence-corrected chi connectivity index (χ4v) is 2.99. The third-order valence-electron chi connectivity index (χ3n) is 4.19. The second kappa shape index (κ2) is 5.77. The van der Waals surface area contributed by atoms with Gasteiger partial charge in [-0.05, 0) is 37.8 Å². The fourth-order valence-electron chi connectivity index (χ4n) is 2.99. The molecule has 6 heteroatoms. The summed E-state index contributed by atoms with van der Waals surface area (Å²) in [4.78, 5) is 25.3. The van der Waals surface area contributed by atoms with Gasteiger partial charge >= 0.3 is 12.0 Å². The molecule has 0 spiro atoms. The van der Waals surface area contributed by atoms with Crippen LogP contribution in [-0.4, -0.2) is 53.7 Å². The van der Waals surface area contributed by atoms with Gasteiger partial charge in [-0.2, -0.15) is 0 Å². The number of nitrogens with zero attached hydrogens (tertiary/aromatic N) is 1. The quantitative estimate of drug-likeness (QED) is 0.693. The van der Waals surface area contributed by atoms with Crippen LogP contribution < -0.4 is 10.6 Å². The van der Waals surface area contributed by atoms with Crippen LogP contribution in [0.3, 0.4) is 0 Å². The predicted octanol–water partition coefficient (Wildman–Crippen LogP) is 0.489.